The molecule has 0 aliphatic rings. The van der Waals surface area contributed by atoms with Crippen molar-refractivity contribution in [1.29, 1.82) is 0 Å². The standard InChI is InChI=1S/C15H22N2O4/c1-15(2,3)21-14(19)17-12-6-5-10(20-4)9-11(12)13(18)7-8-16/h5-6,9H,7-8,16H2,1-4H3,(H,17,19). The Kier molecular flexibility index (Phi) is 5.72. The summed E-state index contributed by atoms with van der Waals surface area (Å²) in [5.74, 6) is 0.368. The minimum Gasteiger partial charge on any atom is -0.497 e. The summed E-state index contributed by atoms with van der Waals surface area (Å²) >= 11 is 0. The highest BCUT2D eigenvalue weighted by Crippen LogP contribution is 2.24. The van der Waals surface area contributed by atoms with Gasteiger partial charge in [-0.25, -0.2) is 4.79 Å². The Morgan fingerprint density at radius 3 is 2.48 bits per heavy atom. The number of ketones is 1. The number of hydrogen-bond acceptors (Lipinski definition) is 5. The summed E-state index contributed by atoms with van der Waals surface area (Å²) in [7, 11) is 1.51. The first-order chi connectivity index (χ1) is 9.76. The van der Waals surface area contributed by atoms with Crippen LogP contribution in [0, 0.1) is 0 Å². The first-order valence-corrected chi connectivity index (χ1v) is 6.68. The summed E-state index contributed by atoms with van der Waals surface area (Å²) in [5.41, 5.74) is 5.53. The molecule has 0 bridgehead atoms. The maximum absolute atomic E-state index is 12.1. The number of nitrogens with one attached hydrogen (secondary N) is 1. The van der Waals surface area contributed by atoms with Crippen LogP contribution < -0.4 is 15.8 Å². The van der Waals surface area contributed by atoms with Crippen molar-refractivity contribution in [2.24, 2.45) is 5.73 Å². The van der Waals surface area contributed by atoms with Gasteiger partial charge in [0.2, 0.25) is 0 Å². The van der Waals surface area contributed by atoms with Gasteiger partial charge in [-0.15, -0.1) is 0 Å². The zero-order valence-electron chi connectivity index (χ0n) is 12.9. The van der Waals surface area contributed by atoms with Gasteiger partial charge in [0.25, 0.3) is 0 Å². The number of ether oxygens (including phenoxy) is 2. The van der Waals surface area contributed by atoms with E-state index >= 15 is 0 Å². The lowest BCUT2D eigenvalue weighted by Crippen LogP contribution is -2.27. The molecule has 3 N–H and O–H groups in total. The summed E-state index contributed by atoms with van der Waals surface area (Å²) in [6.07, 6.45) is -0.426. The minimum atomic E-state index is -0.616. The topological polar surface area (TPSA) is 90.6 Å². The van der Waals surface area contributed by atoms with E-state index in [1.165, 1.54) is 7.11 Å². The van der Waals surface area contributed by atoms with E-state index in [2.05, 4.69) is 5.32 Å². The van der Waals surface area contributed by atoms with Crippen molar-refractivity contribution in [3.8, 4) is 5.75 Å². The Bertz CT molecular complexity index is 521. The molecular formula is C15H22N2O4. The molecule has 0 radical (unpaired) electrons. The summed E-state index contributed by atoms with van der Waals surface area (Å²) < 4.78 is 10.3. The first kappa shape index (κ1) is 17.0. The third kappa shape index (κ3) is 5.43. The Labute approximate surface area is 124 Å². The van der Waals surface area contributed by atoms with E-state index < -0.39 is 11.7 Å². The highest BCUT2D eigenvalue weighted by atomic mass is 16.6. The van der Waals surface area contributed by atoms with E-state index in [9.17, 15) is 9.59 Å². The molecule has 0 spiro atoms. The van der Waals surface area contributed by atoms with Gasteiger partial charge >= 0.3 is 6.09 Å². The fourth-order valence-corrected chi connectivity index (χ4v) is 1.67. The molecule has 0 aliphatic carbocycles. The van der Waals surface area contributed by atoms with Gasteiger partial charge in [-0.1, -0.05) is 0 Å². The monoisotopic (exact) mass is 294 g/mol. The highest BCUT2D eigenvalue weighted by molar-refractivity contribution is 6.04. The van der Waals surface area contributed by atoms with Gasteiger partial charge in [0, 0.05) is 12.0 Å². The van der Waals surface area contributed by atoms with Gasteiger partial charge in [-0.05, 0) is 45.5 Å². The van der Waals surface area contributed by atoms with Crippen LogP contribution in [0.25, 0.3) is 0 Å². The Hall–Kier alpha value is -2.08. The number of carbonyl (C=O) groups is 2. The van der Waals surface area contributed by atoms with E-state index in [1.807, 2.05) is 0 Å². The summed E-state index contributed by atoms with van der Waals surface area (Å²) in [4.78, 5) is 23.9. The van der Waals surface area contributed by atoms with Crippen LogP contribution in [0.4, 0.5) is 10.5 Å². The molecule has 1 aromatic carbocycles. The molecule has 0 saturated carbocycles. The number of amides is 1. The summed E-state index contributed by atoms with van der Waals surface area (Å²) in [6.45, 7) is 5.53. The molecule has 1 rings (SSSR count). The van der Waals surface area contributed by atoms with Gasteiger partial charge in [0.1, 0.15) is 11.4 Å². The maximum Gasteiger partial charge on any atom is 0.412 e. The number of methoxy groups -OCH3 is 1. The molecule has 0 aromatic heterocycles. The van der Waals surface area contributed by atoms with Crippen LogP contribution in [0.3, 0.4) is 0 Å². The molecule has 0 saturated heterocycles. The van der Waals surface area contributed by atoms with Crippen molar-refractivity contribution in [2.75, 3.05) is 19.0 Å². The Morgan fingerprint density at radius 2 is 1.95 bits per heavy atom. The van der Waals surface area contributed by atoms with Gasteiger partial charge in [-0.3, -0.25) is 10.1 Å². The minimum absolute atomic E-state index is 0.164. The van der Waals surface area contributed by atoms with Crippen LogP contribution in [-0.2, 0) is 4.74 Å². The quantitative estimate of drug-likeness (QED) is 0.814. The maximum atomic E-state index is 12.1. The average Bonchev–Trinajstić information content (AvgIpc) is 2.37. The predicted molar refractivity (Wildman–Crippen MR) is 80.9 cm³/mol. The predicted octanol–water partition coefficient (Wildman–Crippen LogP) is 2.57. The molecule has 0 aliphatic heterocycles. The zero-order valence-corrected chi connectivity index (χ0v) is 12.9. The highest BCUT2D eigenvalue weighted by Gasteiger charge is 2.19. The largest absolute Gasteiger partial charge is 0.497 e. The van der Waals surface area contributed by atoms with Crippen molar-refractivity contribution < 1.29 is 19.1 Å². The smallest absolute Gasteiger partial charge is 0.412 e. The SMILES string of the molecule is COc1ccc(NC(=O)OC(C)(C)C)c(C(=O)CCN)c1. The molecule has 1 amide bonds. The summed E-state index contributed by atoms with van der Waals surface area (Å²) in [6, 6.07) is 4.84. The molecule has 0 unspecified atom stereocenters. The van der Waals surface area contributed by atoms with Crippen LogP contribution in [0.5, 0.6) is 5.75 Å². The third-order valence-corrected chi connectivity index (χ3v) is 2.53. The molecule has 0 heterocycles. The van der Waals surface area contributed by atoms with Crippen molar-refractivity contribution in [1.82, 2.24) is 0 Å². The molecular weight excluding hydrogens is 272 g/mol. The molecule has 0 atom stereocenters. The van der Waals surface area contributed by atoms with Crippen LogP contribution >= 0.6 is 0 Å². The second-order valence-corrected chi connectivity index (χ2v) is 5.50. The number of hydrogen-bond donors (Lipinski definition) is 2. The average molecular weight is 294 g/mol. The van der Waals surface area contributed by atoms with Crippen LogP contribution in [0.15, 0.2) is 18.2 Å². The lowest BCUT2D eigenvalue weighted by Gasteiger charge is -2.20. The van der Waals surface area contributed by atoms with Crippen LogP contribution in [0.1, 0.15) is 37.6 Å². The Balaban J connectivity index is 3.00. The number of rotatable bonds is 5. The van der Waals surface area contributed by atoms with Gasteiger partial charge < -0.3 is 15.2 Å². The number of Topliss-reactive ketones (excluding diaryl/α,β-unsaturated/α-hetero) is 1. The molecule has 0 fully saturated rings. The van der Waals surface area contributed by atoms with Gasteiger partial charge in [0.15, 0.2) is 5.78 Å². The second kappa shape index (κ2) is 7.08. The number of carbonyl (C=O) groups excluding carboxylic acids is 2. The van der Waals surface area contributed by atoms with E-state index in [0.717, 1.165) is 0 Å². The molecule has 21 heavy (non-hydrogen) atoms. The lowest BCUT2D eigenvalue weighted by molar-refractivity contribution is 0.0636. The first-order valence-electron chi connectivity index (χ1n) is 6.68. The van der Waals surface area contributed by atoms with E-state index in [0.29, 0.717) is 17.0 Å². The molecule has 6 heteroatoms. The molecule has 116 valence electrons. The van der Waals surface area contributed by atoms with Crippen molar-refractivity contribution >= 4 is 17.6 Å². The van der Waals surface area contributed by atoms with Crippen LogP contribution in [-0.4, -0.2) is 31.1 Å². The van der Waals surface area contributed by atoms with Gasteiger partial charge in [0.05, 0.1) is 12.8 Å². The summed E-state index contributed by atoms with van der Waals surface area (Å²) in [5, 5.41) is 2.58. The normalized spacial score (nSPS) is 10.9. The number of benzene rings is 1. The lowest BCUT2D eigenvalue weighted by atomic mass is 10.1. The van der Waals surface area contributed by atoms with Crippen molar-refractivity contribution in [2.45, 2.75) is 32.8 Å². The van der Waals surface area contributed by atoms with Gasteiger partial charge in [-0.2, -0.15) is 0 Å². The molecule has 6 nitrogen and oxygen atoms in total. The van der Waals surface area contributed by atoms with Crippen LogP contribution in [0.2, 0.25) is 0 Å². The zero-order chi connectivity index (χ0) is 16.0. The number of nitrogens with two attached hydrogens (primary N) is 1. The molecule has 1 aromatic rings. The fourth-order valence-electron chi connectivity index (χ4n) is 1.67. The van der Waals surface area contributed by atoms with Crippen molar-refractivity contribution in [3.05, 3.63) is 23.8 Å². The Morgan fingerprint density at radius 1 is 1.29 bits per heavy atom. The number of anilines is 1. The third-order valence-electron chi connectivity index (χ3n) is 2.53. The van der Waals surface area contributed by atoms with E-state index in [4.69, 9.17) is 15.2 Å². The fraction of sp³-hybridized carbons (Fsp3) is 0.467. The van der Waals surface area contributed by atoms with Crippen molar-refractivity contribution in [3.63, 3.8) is 0 Å². The van der Waals surface area contributed by atoms with E-state index in [-0.39, 0.29) is 18.7 Å². The van der Waals surface area contributed by atoms with E-state index in [1.54, 1.807) is 39.0 Å². The second-order valence-electron chi connectivity index (χ2n) is 5.50.